The molecule has 0 saturated heterocycles. The molecule has 1 aliphatic heterocycles. The fraction of sp³-hybridized carbons (Fsp3) is 0.292. The van der Waals surface area contributed by atoms with E-state index in [1.807, 2.05) is 28.9 Å². The van der Waals surface area contributed by atoms with Crippen LogP contribution in [0.25, 0.3) is 28.5 Å². The van der Waals surface area contributed by atoms with Crippen LogP contribution in [0, 0.1) is 4.91 Å². The molecule has 4 rings (SSSR count). The lowest BCUT2D eigenvalue weighted by Gasteiger charge is -2.41. The number of aromatic nitrogens is 2. The number of hydrogen-bond donors (Lipinski definition) is 3. The van der Waals surface area contributed by atoms with Crippen molar-refractivity contribution in [3.8, 4) is 16.9 Å². The van der Waals surface area contributed by atoms with E-state index in [2.05, 4.69) is 76.9 Å². The van der Waals surface area contributed by atoms with Gasteiger partial charge in [-0.15, -0.1) is 16.2 Å². The third-order valence-electron chi connectivity index (χ3n) is 5.75. The fourth-order valence-electron chi connectivity index (χ4n) is 4.62. The summed E-state index contributed by atoms with van der Waals surface area (Å²) in [7, 11) is 0. The maximum absolute atomic E-state index is 11.0. The van der Waals surface area contributed by atoms with Gasteiger partial charge in [-0.25, -0.2) is 4.45 Å². The molecule has 5 N–H and O–H groups in total. The van der Waals surface area contributed by atoms with E-state index >= 15 is 0 Å². The van der Waals surface area contributed by atoms with Crippen molar-refractivity contribution in [2.75, 3.05) is 5.73 Å². The standard InChI is InChI=1S/C24H28IN6O2PS/c1-23(2)9-15(10-24(3,4)29-23)18-13-35-21(22(18)27)8-19(26)17-6-5-14(7-20(17)33-30-32)16-11-28-31(12-16)34-25/h5-9,11-13,29,34H,10,26-27H2,1-4H3/b19-8-. The van der Waals surface area contributed by atoms with E-state index in [4.69, 9.17) is 16.3 Å². The monoisotopic (exact) mass is 622 g/mol. The highest BCUT2D eigenvalue weighted by molar-refractivity contribution is 14.2. The minimum Gasteiger partial charge on any atom is -0.398 e. The normalized spacial score (nSPS) is 17.5. The van der Waals surface area contributed by atoms with Crippen molar-refractivity contribution >= 4 is 62.8 Å². The van der Waals surface area contributed by atoms with Crippen LogP contribution < -0.4 is 21.6 Å². The molecule has 0 aliphatic carbocycles. The SMILES string of the molecule is CC1(C)C=C(c2csc(/C=C(\N)c3ccc(-c4cnn(PI)c4)cc3ON=O)c2N)CC(C)(C)N1. The summed E-state index contributed by atoms with van der Waals surface area (Å²) < 4.78 is 1.84. The largest absolute Gasteiger partial charge is 0.398 e. The van der Waals surface area contributed by atoms with Gasteiger partial charge in [0.05, 0.1) is 23.1 Å². The van der Waals surface area contributed by atoms with Crippen molar-refractivity contribution < 1.29 is 4.84 Å². The summed E-state index contributed by atoms with van der Waals surface area (Å²) in [6.07, 6.45) is 9.13. The van der Waals surface area contributed by atoms with Crippen LogP contribution in [0.4, 0.5) is 5.69 Å². The Morgan fingerprint density at radius 3 is 2.77 bits per heavy atom. The second-order valence-electron chi connectivity index (χ2n) is 9.74. The highest BCUT2D eigenvalue weighted by Gasteiger charge is 2.33. The number of halogens is 1. The number of hydrogen-bond acceptors (Lipinski definition) is 8. The first-order valence-corrected chi connectivity index (χ1v) is 15.9. The number of nitrogen functional groups attached to an aromatic ring is 1. The van der Waals surface area contributed by atoms with Crippen molar-refractivity contribution in [1.82, 2.24) is 14.9 Å². The van der Waals surface area contributed by atoms with Gasteiger partial charge >= 0.3 is 0 Å². The highest BCUT2D eigenvalue weighted by Crippen LogP contribution is 2.40. The number of nitrogens with two attached hydrogens (primary N) is 2. The molecule has 1 unspecified atom stereocenters. The Balaban J connectivity index is 1.68. The second-order valence-corrected chi connectivity index (χ2v) is 12.7. The summed E-state index contributed by atoms with van der Waals surface area (Å²) in [5.41, 5.74) is 18.6. The van der Waals surface area contributed by atoms with E-state index in [0.717, 1.165) is 28.0 Å². The van der Waals surface area contributed by atoms with E-state index < -0.39 is 0 Å². The average molecular weight is 622 g/mol. The summed E-state index contributed by atoms with van der Waals surface area (Å²) in [4.78, 5) is 16.9. The molecule has 1 aliphatic rings. The molecular weight excluding hydrogens is 594 g/mol. The molecule has 0 bridgehead atoms. The molecular formula is C24H28IN6O2PS. The lowest BCUT2D eigenvalue weighted by atomic mass is 9.81. The molecule has 2 aromatic heterocycles. The average Bonchev–Trinajstić information content (AvgIpc) is 3.39. The van der Waals surface area contributed by atoms with E-state index in [9.17, 15) is 4.91 Å². The molecule has 1 aromatic carbocycles. The lowest BCUT2D eigenvalue weighted by molar-refractivity contribution is 0.297. The van der Waals surface area contributed by atoms with Crippen LogP contribution in [0.15, 0.2) is 47.4 Å². The van der Waals surface area contributed by atoms with Crippen LogP contribution in [-0.2, 0) is 0 Å². The van der Waals surface area contributed by atoms with E-state index in [1.54, 1.807) is 12.3 Å². The molecule has 0 saturated carbocycles. The first-order chi connectivity index (χ1) is 16.5. The quantitative estimate of drug-likeness (QED) is 0.121. The zero-order valence-electron chi connectivity index (χ0n) is 19.9. The predicted molar refractivity (Wildman–Crippen MR) is 156 cm³/mol. The molecule has 184 valence electrons. The molecule has 3 heterocycles. The Morgan fingerprint density at radius 2 is 2.11 bits per heavy atom. The van der Waals surface area contributed by atoms with Crippen LogP contribution >= 0.6 is 39.8 Å². The maximum atomic E-state index is 11.0. The minimum atomic E-state index is -0.135. The highest BCUT2D eigenvalue weighted by atomic mass is 127. The van der Waals surface area contributed by atoms with Gasteiger partial charge in [0.1, 0.15) is 0 Å². The van der Waals surface area contributed by atoms with E-state index in [-0.39, 0.29) is 16.8 Å². The van der Waals surface area contributed by atoms with E-state index in [0.29, 0.717) is 23.3 Å². The van der Waals surface area contributed by atoms with Crippen molar-refractivity contribution in [2.45, 2.75) is 45.2 Å². The van der Waals surface area contributed by atoms with Gasteiger partial charge in [0, 0.05) is 45.0 Å². The van der Waals surface area contributed by atoms with Crippen molar-refractivity contribution in [2.24, 2.45) is 11.1 Å². The molecule has 8 nitrogen and oxygen atoms in total. The smallest absolute Gasteiger partial charge is 0.171 e. The summed E-state index contributed by atoms with van der Waals surface area (Å²) in [5, 5.41) is 12.7. The number of nitrogens with zero attached hydrogens (tertiary/aromatic N) is 3. The Kier molecular flexibility index (Phi) is 7.38. The van der Waals surface area contributed by atoms with Gasteiger partial charge in [-0.3, -0.25) is 0 Å². The van der Waals surface area contributed by atoms with Gasteiger partial charge in [0.25, 0.3) is 0 Å². The zero-order chi connectivity index (χ0) is 25.4. The molecule has 0 radical (unpaired) electrons. The first-order valence-electron chi connectivity index (χ1n) is 10.9. The molecule has 0 fully saturated rings. The molecule has 3 aromatic rings. The van der Waals surface area contributed by atoms with Gasteiger partial charge in [-0.2, -0.15) is 5.10 Å². The minimum absolute atomic E-state index is 0.0412. The predicted octanol–water partition coefficient (Wildman–Crippen LogP) is 6.44. The van der Waals surface area contributed by atoms with Crippen LogP contribution in [0.1, 0.15) is 50.1 Å². The summed E-state index contributed by atoms with van der Waals surface area (Å²) in [6.45, 7) is 8.72. The lowest BCUT2D eigenvalue weighted by Crippen LogP contribution is -2.53. The van der Waals surface area contributed by atoms with Gasteiger partial charge in [-0.05, 0) is 85.5 Å². The molecule has 35 heavy (non-hydrogen) atoms. The number of nitrogens with one attached hydrogen (secondary N) is 1. The maximum Gasteiger partial charge on any atom is 0.171 e. The third kappa shape index (κ3) is 5.77. The summed E-state index contributed by atoms with van der Waals surface area (Å²) in [5.74, 6) is 0.274. The Labute approximate surface area is 223 Å². The Morgan fingerprint density at radius 1 is 1.34 bits per heavy atom. The van der Waals surface area contributed by atoms with Gasteiger partial charge in [-0.1, -0.05) is 12.1 Å². The van der Waals surface area contributed by atoms with Crippen LogP contribution in [0.2, 0.25) is 0 Å². The van der Waals surface area contributed by atoms with Gasteiger partial charge < -0.3 is 21.6 Å². The van der Waals surface area contributed by atoms with Crippen molar-refractivity contribution in [3.05, 3.63) is 63.0 Å². The van der Waals surface area contributed by atoms with Gasteiger partial charge in [0.2, 0.25) is 0 Å². The zero-order valence-corrected chi connectivity index (χ0v) is 23.9. The third-order valence-corrected chi connectivity index (χ3v) is 8.60. The Bertz CT molecular complexity index is 1330. The van der Waals surface area contributed by atoms with Crippen LogP contribution in [-0.4, -0.2) is 20.6 Å². The van der Waals surface area contributed by atoms with Crippen LogP contribution in [0.3, 0.4) is 0 Å². The number of benzene rings is 1. The van der Waals surface area contributed by atoms with E-state index in [1.165, 1.54) is 16.9 Å². The molecule has 11 heteroatoms. The number of anilines is 1. The first kappa shape index (κ1) is 25.8. The van der Waals surface area contributed by atoms with Gasteiger partial charge in [0.15, 0.2) is 11.1 Å². The molecule has 0 amide bonds. The number of rotatable bonds is 7. The second kappa shape index (κ2) is 10.0. The van der Waals surface area contributed by atoms with Crippen LogP contribution in [0.5, 0.6) is 5.75 Å². The number of thiophene rings is 1. The summed E-state index contributed by atoms with van der Waals surface area (Å²) >= 11 is 3.80. The Hall–Kier alpha value is -2.27. The fourth-order valence-corrected chi connectivity index (χ4v) is 6.66. The molecule has 1 atom stereocenters. The topological polar surface area (TPSA) is 121 Å². The molecule has 0 spiro atoms. The van der Waals surface area contributed by atoms with Crippen molar-refractivity contribution in [1.29, 1.82) is 0 Å². The van der Waals surface area contributed by atoms with Crippen molar-refractivity contribution in [3.63, 3.8) is 0 Å². The summed E-state index contributed by atoms with van der Waals surface area (Å²) in [6, 6.07) is 5.47.